The Morgan fingerprint density at radius 3 is 2.42 bits per heavy atom. The molecule has 0 saturated heterocycles. The molecule has 140 valence electrons. The van der Waals surface area contributed by atoms with Crippen molar-refractivity contribution in [1.82, 2.24) is 5.32 Å². The molecular weight excluding hydrogens is 326 g/mol. The minimum atomic E-state index is -0.516. The van der Waals surface area contributed by atoms with Gasteiger partial charge in [-0.05, 0) is 63.4 Å². The summed E-state index contributed by atoms with van der Waals surface area (Å²) in [4.78, 5) is 12.5. The minimum Gasteiger partial charge on any atom is -0.491 e. The van der Waals surface area contributed by atoms with Crippen LogP contribution in [0.1, 0.15) is 37.0 Å². The third-order valence-corrected chi connectivity index (χ3v) is 4.40. The molecule has 0 aliphatic rings. The molecule has 0 bridgehead atoms. The lowest BCUT2D eigenvalue weighted by Crippen LogP contribution is -2.44. The van der Waals surface area contributed by atoms with Crippen LogP contribution >= 0.6 is 0 Å². The molecule has 2 unspecified atom stereocenters. The maximum absolute atomic E-state index is 12.5. The molecule has 0 saturated carbocycles. The molecule has 0 aromatic heterocycles. The van der Waals surface area contributed by atoms with Gasteiger partial charge in [-0.3, -0.25) is 4.79 Å². The van der Waals surface area contributed by atoms with Crippen molar-refractivity contribution in [2.45, 2.75) is 53.2 Å². The van der Waals surface area contributed by atoms with E-state index in [0.29, 0.717) is 13.0 Å². The lowest BCUT2D eigenvalue weighted by atomic mass is 10.1. The Morgan fingerprint density at radius 1 is 1.08 bits per heavy atom. The summed E-state index contributed by atoms with van der Waals surface area (Å²) in [6.07, 6.45) is 0.0856. The zero-order valence-corrected chi connectivity index (χ0v) is 16.3. The highest BCUT2D eigenvalue weighted by Gasteiger charge is 2.21. The van der Waals surface area contributed by atoms with Crippen molar-refractivity contribution in [1.29, 1.82) is 0 Å². The molecule has 0 aliphatic heterocycles. The van der Waals surface area contributed by atoms with Crippen molar-refractivity contribution in [3.63, 3.8) is 0 Å². The fraction of sp³-hybridized carbons (Fsp3) is 0.409. The number of ether oxygens (including phenoxy) is 2. The number of aryl methyl sites for hydroxylation is 2. The Morgan fingerprint density at radius 2 is 1.77 bits per heavy atom. The van der Waals surface area contributed by atoms with E-state index >= 15 is 0 Å². The second-order valence-electron chi connectivity index (χ2n) is 6.75. The maximum atomic E-state index is 12.5. The Bertz CT molecular complexity index is 725. The molecule has 2 aromatic carbocycles. The van der Waals surface area contributed by atoms with Crippen LogP contribution in [0.2, 0.25) is 0 Å². The summed E-state index contributed by atoms with van der Waals surface area (Å²) in [5.74, 6) is 1.44. The van der Waals surface area contributed by atoms with Crippen LogP contribution in [0.15, 0.2) is 42.5 Å². The van der Waals surface area contributed by atoms with Crippen molar-refractivity contribution in [2.75, 3.05) is 6.61 Å². The summed E-state index contributed by atoms with van der Waals surface area (Å²) in [7, 11) is 0. The van der Waals surface area contributed by atoms with Gasteiger partial charge in [0.1, 0.15) is 18.1 Å². The smallest absolute Gasteiger partial charge is 0.261 e. The van der Waals surface area contributed by atoms with E-state index < -0.39 is 6.10 Å². The fourth-order valence-electron chi connectivity index (χ4n) is 2.56. The lowest BCUT2D eigenvalue weighted by molar-refractivity contribution is -0.129. The summed E-state index contributed by atoms with van der Waals surface area (Å²) < 4.78 is 11.7. The van der Waals surface area contributed by atoms with Crippen molar-refractivity contribution in [3.05, 3.63) is 59.2 Å². The summed E-state index contributed by atoms with van der Waals surface area (Å²) >= 11 is 0. The maximum Gasteiger partial charge on any atom is 0.261 e. The lowest BCUT2D eigenvalue weighted by Gasteiger charge is -2.22. The van der Waals surface area contributed by atoms with E-state index in [2.05, 4.69) is 5.32 Å². The van der Waals surface area contributed by atoms with Crippen molar-refractivity contribution < 1.29 is 14.3 Å². The third kappa shape index (κ3) is 5.51. The van der Waals surface area contributed by atoms with Gasteiger partial charge in [0.25, 0.3) is 5.91 Å². The molecule has 1 N–H and O–H groups in total. The number of nitrogens with one attached hydrogen (secondary N) is 1. The monoisotopic (exact) mass is 355 g/mol. The fourth-order valence-corrected chi connectivity index (χ4v) is 2.56. The van der Waals surface area contributed by atoms with Gasteiger partial charge in [-0.15, -0.1) is 0 Å². The molecule has 2 rings (SSSR count). The number of carbonyl (C=O) groups is 1. The van der Waals surface area contributed by atoms with Crippen LogP contribution in [0.3, 0.4) is 0 Å². The van der Waals surface area contributed by atoms with E-state index in [1.54, 1.807) is 0 Å². The first kappa shape index (κ1) is 19.8. The van der Waals surface area contributed by atoms with Crippen molar-refractivity contribution in [3.8, 4) is 11.5 Å². The highest BCUT2D eigenvalue weighted by molar-refractivity contribution is 5.81. The first-order chi connectivity index (χ1) is 12.4. The highest BCUT2D eigenvalue weighted by atomic mass is 16.5. The SMILES string of the molecule is CCC(Oc1cccc(C)c1C)C(=O)NC(C)COc1ccc(C)cc1. The molecule has 0 spiro atoms. The third-order valence-electron chi connectivity index (χ3n) is 4.40. The van der Waals surface area contributed by atoms with Crippen molar-refractivity contribution in [2.24, 2.45) is 0 Å². The molecule has 0 aliphatic carbocycles. The summed E-state index contributed by atoms with van der Waals surface area (Å²) in [5, 5.41) is 2.98. The Hall–Kier alpha value is -2.49. The van der Waals surface area contributed by atoms with Crippen LogP contribution in [0.25, 0.3) is 0 Å². The van der Waals surface area contributed by atoms with Crippen LogP contribution in [-0.2, 0) is 4.79 Å². The first-order valence-electron chi connectivity index (χ1n) is 9.13. The van der Waals surface area contributed by atoms with Crippen molar-refractivity contribution >= 4 is 5.91 Å². The van der Waals surface area contributed by atoms with Gasteiger partial charge in [-0.1, -0.05) is 36.8 Å². The number of hydrogen-bond donors (Lipinski definition) is 1. The van der Waals surface area contributed by atoms with Gasteiger partial charge in [-0.25, -0.2) is 0 Å². The van der Waals surface area contributed by atoms with E-state index in [0.717, 1.165) is 22.6 Å². The van der Waals surface area contributed by atoms with Gasteiger partial charge in [-0.2, -0.15) is 0 Å². The molecule has 4 nitrogen and oxygen atoms in total. The zero-order valence-electron chi connectivity index (χ0n) is 16.3. The van der Waals surface area contributed by atoms with Crippen LogP contribution in [0.4, 0.5) is 0 Å². The van der Waals surface area contributed by atoms with Gasteiger partial charge in [0.2, 0.25) is 0 Å². The number of hydrogen-bond acceptors (Lipinski definition) is 3. The van der Waals surface area contributed by atoms with E-state index in [9.17, 15) is 4.79 Å². The normalized spacial score (nSPS) is 13.0. The van der Waals surface area contributed by atoms with E-state index in [1.165, 1.54) is 5.56 Å². The second kappa shape index (κ2) is 9.27. The number of rotatable bonds is 8. The Balaban J connectivity index is 1.89. The summed E-state index contributed by atoms with van der Waals surface area (Å²) in [5.41, 5.74) is 3.40. The summed E-state index contributed by atoms with van der Waals surface area (Å²) in [6, 6.07) is 13.6. The average molecular weight is 355 g/mol. The molecule has 0 heterocycles. The van der Waals surface area contributed by atoms with E-state index in [4.69, 9.17) is 9.47 Å². The quantitative estimate of drug-likeness (QED) is 0.766. The van der Waals surface area contributed by atoms with Gasteiger partial charge in [0.15, 0.2) is 6.10 Å². The van der Waals surface area contributed by atoms with Crippen LogP contribution < -0.4 is 14.8 Å². The number of carbonyl (C=O) groups excluding carboxylic acids is 1. The molecule has 2 atom stereocenters. The van der Waals surface area contributed by atoms with Crippen LogP contribution in [-0.4, -0.2) is 24.7 Å². The van der Waals surface area contributed by atoms with Gasteiger partial charge in [0, 0.05) is 0 Å². The minimum absolute atomic E-state index is 0.111. The van der Waals surface area contributed by atoms with Crippen LogP contribution in [0, 0.1) is 20.8 Å². The molecule has 1 amide bonds. The molecule has 2 aromatic rings. The van der Waals surface area contributed by atoms with Crippen LogP contribution in [0.5, 0.6) is 11.5 Å². The largest absolute Gasteiger partial charge is 0.491 e. The van der Waals surface area contributed by atoms with E-state index in [1.807, 2.05) is 77.1 Å². The van der Waals surface area contributed by atoms with Gasteiger partial charge < -0.3 is 14.8 Å². The van der Waals surface area contributed by atoms with Gasteiger partial charge in [0.05, 0.1) is 6.04 Å². The predicted octanol–water partition coefficient (Wildman–Crippen LogP) is 4.35. The molecule has 26 heavy (non-hydrogen) atoms. The first-order valence-corrected chi connectivity index (χ1v) is 9.13. The molecular formula is C22H29NO3. The standard InChI is InChI=1S/C22H29NO3/c1-6-20(26-21-9-7-8-16(3)18(21)5)22(24)23-17(4)14-25-19-12-10-15(2)11-13-19/h7-13,17,20H,6,14H2,1-5H3,(H,23,24). The highest BCUT2D eigenvalue weighted by Crippen LogP contribution is 2.22. The topological polar surface area (TPSA) is 47.6 Å². The molecule has 4 heteroatoms. The number of benzene rings is 2. The molecule has 0 radical (unpaired) electrons. The zero-order chi connectivity index (χ0) is 19.1. The summed E-state index contributed by atoms with van der Waals surface area (Å²) in [6.45, 7) is 10.4. The van der Waals surface area contributed by atoms with E-state index in [-0.39, 0.29) is 11.9 Å². The van der Waals surface area contributed by atoms with Gasteiger partial charge >= 0.3 is 0 Å². The second-order valence-corrected chi connectivity index (χ2v) is 6.75. The average Bonchev–Trinajstić information content (AvgIpc) is 2.62. The Kier molecular flexibility index (Phi) is 7.07. The molecule has 0 fully saturated rings. The Labute approximate surface area is 156 Å². The predicted molar refractivity (Wildman–Crippen MR) is 105 cm³/mol. The number of amides is 1.